The normalized spacial score (nSPS) is 19.4. The van der Waals surface area contributed by atoms with E-state index in [0.717, 1.165) is 17.5 Å². The van der Waals surface area contributed by atoms with E-state index in [1.54, 1.807) is 0 Å². The molecule has 3 rings (SSSR count). The minimum absolute atomic E-state index is 0.0618. The van der Waals surface area contributed by atoms with Crippen LogP contribution in [0.15, 0.2) is 24.3 Å². The van der Waals surface area contributed by atoms with Crippen molar-refractivity contribution in [3.05, 3.63) is 29.8 Å². The van der Waals surface area contributed by atoms with Crippen molar-refractivity contribution in [2.24, 2.45) is 11.8 Å². The molecule has 21 heavy (non-hydrogen) atoms. The zero-order valence-electron chi connectivity index (χ0n) is 12.9. The summed E-state index contributed by atoms with van der Waals surface area (Å²) in [6.45, 7) is 2.12. The number of amides is 2. The Balaban J connectivity index is 1.54. The maximum absolute atomic E-state index is 12.1. The van der Waals surface area contributed by atoms with Gasteiger partial charge in [-0.1, -0.05) is 12.1 Å². The smallest absolute Gasteiger partial charge is 0.319 e. The van der Waals surface area contributed by atoms with Gasteiger partial charge in [-0.05, 0) is 69.2 Å². The highest BCUT2D eigenvalue weighted by Crippen LogP contribution is 2.44. The fraction of sp³-hybridized carbons (Fsp3) is 0.588. The first-order valence-corrected chi connectivity index (χ1v) is 8.02. The molecule has 4 heteroatoms. The number of hydrogen-bond acceptors (Lipinski definition) is 2. The van der Waals surface area contributed by atoms with Gasteiger partial charge in [0.25, 0.3) is 0 Å². The molecule has 0 aliphatic heterocycles. The predicted molar refractivity (Wildman–Crippen MR) is 85.3 cm³/mol. The summed E-state index contributed by atoms with van der Waals surface area (Å²) in [5, 5.41) is 9.33. The van der Waals surface area contributed by atoms with Crippen molar-refractivity contribution in [2.45, 2.75) is 44.7 Å². The van der Waals surface area contributed by atoms with Gasteiger partial charge in [0.2, 0.25) is 0 Å². The van der Waals surface area contributed by atoms with E-state index < -0.39 is 0 Å². The first-order valence-electron chi connectivity index (χ1n) is 8.02. The summed E-state index contributed by atoms with van der Waals surface area (Å²) in [4.78, 5) is 12.1. The molecule has 1 atom stereocenters. The number of carbonyl (C=O) groups excluding carboxylic acids is 1. The lowest BCUT2D eigenvalue weighted by molar-refractivity contribution is 0.245. The Morgan fingerprint density at radius 3 is 2.14 bits per heavy atom. The summed E-state index contributed by atoms with van der Waals surface area (Å²) in [6.07, 6.45) is 5.10. The van der Waals surface area contributed by atoms with Crippen LogP contribution in [0.25, 0.3) is 0 Å². The Hall–Kier alpha value is -1.55. The van der Waals surface area contributed by atoms with E-state index in [9.17, 15) is 4.79 Å². The molecule has 3 N–H and O–H groups in total. The Labute approximate surface area is 126 Å². The maximum Gasteiger partial charge on any atom is 0.319 e. The maximum atomic E-state index is 12.1. The molecule has 0 saturated heterocycles. The van der Waals surface area contributed by atoms with E-state index in [0.29, 0.717) is 12.1 Å². The zero-order valence-corrected chi connectivity index (χ0v) is 12.9. The molecule has 0 bridgehead atoms. The average molecular weight is 287 g/mol. The van der Waals surface area contributed by atoms with E-state index in [-0.39, 0.29) is 6.03 Å². The summed E-state index contributed by atoms with van der Waals surface area (Å²) in [5.74, 6) is 1.45. The van der Waals surface area contributed by atoms with Crippen LogP contribution in [0.4, 0.5) is 10.5 Å². The summed E-state index contributed by atoms with van der Waals surface area (Å²) < 4.78 is 0. The first kappa shape index (κ1) is 14.4. The summed E-state index contributed by atoms with van der Waals surface area (Å²) >= 11 is 0. The van der Waals surface area contributed by atoms with Crippen molar-refractivity contribution in [1.29, 1.82) is 0 Å². The molecule has 114 valence electrons. The van der Waals surface area contributed by atoms with Gasteiger partial charge in [-0.15, -0.1) is 0 Å². The molecular weight excluding hydrogens is 262 g/mol. The zero-order chi connectivity index (χ0) is 14.8. The average Bonchev–Trinajstić information content (AvgIpc) is 3.38. The molecule has 1 unspecified atom stereocenters. The van der Waals surface area contributed by atoms with Crippen molar-refractivity contribution >= 4 is 11.7 Å². The fourth-order valence-electron chi connectivity index (χ4n) is 2.87. The second-order valence-corrected chi connectivity index (χ2v) is 6.43. The van der Waals surface area contributed by atoms with E-state index in [1.165, 1.54) is 31.2 Å². The van der Waals surface area contributed by atoms with E-state index >= 15 is 0 Å². The van der Waals surface area contributed by atoms with Crippen LogP contribution in [0.1, 0.15) is 44.2 Å². The number of nitrogens with one attached hydrogen (secondary N) is 3. The molecule has 1 aromatic rings. The van der Waals surface area contributed by atoms with Gasteiger partial charge in [-0.25, -0.2) is 4.79 Å². The lowest BCUT2D eigenvalue weighted by atomic mass is 10.1. The molecule has 2 aliphatic carbocycles. The molecule has 1 aromatic carbocycles. The second-order valence-electron chi connectivity index (χ2n) is 6.43. The molecule has 2 fully saturated rings. The third kappa shape index (κ3) is 3.76. The Bertz CT molecular complexity index is 479. The fourth-order valence-corrected chi connectivity index (χ4v) is 2.87. The van der Waals surface area contributed by atoms with Crippen LogP contribution in [-0.2, 0) is 0 Å². The minimum atomic E-state index is -0.0618. The third-order valence-corrected chi connectivity index (χ3v) is 4.66. The van der Waals surface area contributed by atoms with Crippen molar-refractivity contribution in [3.63, 3.8) is 0 Å². The molecular formula is C17H25N3O. The minimum Gasteiger partial charge on any atom is -0.335 e. The van der Waals surface area contributed by atoms with Crippen LogP contribution in [0.3, 0.4) is 0 Å². The van der Waals surface area contributed by atoms with Crippen LogP contribution in [0.5, 0.6) is 0 Å². The molecule has 0 spiro atoms. The van der Waals surface area contributed by atoms with Gasteiger partial charge in [0, 0.05) is 17.8 Å². The monoisotopic (exact) mass is 287 g/mol. The Morgan fingerprint density at radius 1 is 1.10 bits per heavy atom. The van der Waals surface area contributed by atoms with Crippen molar-refractivity contribution < 1.29 is 4.79 Å². The Kier molecular flexibility index (Phi) is 4.15. The standard InChI is InChI=1S/C17H25N3O/c1-11(18-2)12-7-9-15(10-8-12)19-17(21)20-16(13-3-4-13)14-5-6-14/h7-11,13-14,16,18H,3-6H2,1-2H3,(H2,19,20,21). The third-order valence-electron chi connectivity index (χ3n) is 4.66. The number of rotatable bonds is 6. The number of urea groups is 1. The molecule has 0 aromatic heterocycles. The highest BCUT2D eigenvalue weighted by Gasteiger charge is 2.42. The summed E-state index contributed by atoms with van der Waals surface area (Å²) in [7, 11) is 1.94. The van der Waals surface area contributed by atoms with Gasteiger partial charge in [0.05, 0.1) is 0 Å². The summed E-state index contributed by atoms with van der Waals surface area (Å²) in [6, 6.07) is 8.69. The van der Waals surface area contributed by atoms with Gasteiger partial charge in [0.15, 0.2) is 0 Å². The van der Waals surface area contributed by atoms with Crippen LogP contribution >= 0.6 is 0 Å². The van der Waals surface area contributed by atoms with Crippen molar-refractivity contribution in [2.75, 3.05) is 12.4 Å². The number of carbonyl (C=O) groups is 1. The molecule has 2 saturated carbocycles. The molecule has 2 aliphatic rings. The topological polar surface area (TPSA) is 53.2 Å². The van der Waals surface area contributed by atoms with E-state index in [2.05, 4.69) is 35.0 Å². The van der Waals surface area contributed by atoms with Gasteiger partial charge in [0.1, 0.15) is 0 Å². The molecule has 0 radical (unpaired) electrons. The number of hydrogen-bond donors (Lipinski definition) is 3. The van der Waals surface area contributed by atoms with Crippen LogP contribution < -0.4 is 16.0 Å². The van der Waals surface area contributed by atoms with Crippen LogP contribution in [0.2, 0.25) is 0 Å². The van der Waals surface area contributed by atoms with E-state index in [1.807, 2.05) is 19.2 Å². The molecule has 4 nitrogen and oxygen atoms in total. The van der Waals surface area contributed by atoms with Gasteiger partial charge in [-0.2, -0.15) is 0 Å². The highest BCUT2D eigenvalue weighted by atomic mass is 16.2. The van der Waals surface area contributed by atoms with Crippen LogP contribution in [0, 0.1) is 11.8 Å². The number of benzene rings is 1. The lowest BCUT2D eigenvalue weighted by Crippen LogP contribution is -2.40. The highest BCUT2D eigenvalue weighted by molar-refractivity contribution is 5.89. The van der Waals surface area contributed by atoms with Gasteiger partial charge in [-0.3, -0.25) is 0 Å². The van der Waals surface area contributed by atoms with E-state index in [4.69, 9.17) is 0 Å². The summed E-state index contributed by atoms with van der Waals surface area (Å²) in [5.41, 5.74) is 2.07. The largest absolute Gasteiger partial charge is 0.335 e. The second kappa shape index (κ2) is 6.06. The van der Waals surface area contributed by atoms with Gasteiger partial charge < -0.3 is 16.0 Å². The Morgan fingerprint density at radius 2 is 1.67 bits per heavy atom. The van der Waals surface area contributed by atoms with Crippen LogP contribution in [-0.4, -0.2) is 19.1 Å². The molecule has 0 heterocycles. The lowest BCUT2D eigenvalue weighted by Gasteiger charge is -2.18. The SMILES string of the molecule is CNC(C)c1ccc(NC(=O)NC(C2CC2)C2CC2)cc1. The molecule has 2 amide bonds. The van der Waals surface area contributed by atoms with Crippen molar-refractivity contribution in [3.8, 4) is 0 Å². The first-order chi connectivity index (χ1) is 10.2. The van der Waals surface area contributed by atoms with Crippen molar-refractivity contribution in [1.82, 2.24) is 10.6 Å². The quantitative estimate of drug-likeness (QED) is 0.752. The van der Waals surface area contributed by atoms with Gasteiger partial charge >= 0.3 is 6.03 Å². The predicted octanol–water partition coefficient (Wildman–Crippen LogP) is 3.28. The number of anilines is 1.